The molecule has 3 rings (SSSR count). The molecule has 0 atom stereocenters. The number of carbonyl (C=O) groups excluding carboxylic acids is 1. The summed E-state index contributed by atoms with van der Waals surface area (Å²) in [5, 5.41) is 5.73. The van der Waals surface area contributed by atoms with Gasteiger partial charge in [0.15, 0.2) is 6.29 Å². The molecule has 5 heteroatoms. The van der Waals surface area contributed by atoms with Gasteiger partial charge in [0.25, 0.3) is 0 Å². The first-order valence-electron chi connectivity index (χ1n) is 6.24. The van der Waals surface area contributed by atoms with Gasteiger partial charge < -0.3 is 0 Å². The van der Waals surface area contributed by atoms with E-state index in [1.807, 2.05) is 24.3 Å². The predicted octanol–water partition coefficient (Wildman–Crippen LogP) is 4.66. The summed E-state index contributed by atoms with van der Waals surface area (Å²) in [4.78, 5) is 11.3. The third-order valence-corrected chi connectivity index (χ3v) is 3.55. The van der Waals surface area contributed by atoms with E-state index >= 15 is 0 Å². The Kier molecular flexibility index (Phi) is 3.78. The zero-order valence-electron chi connectivity index (χ0n) is 10.8. The molecular weight excluding hydrogens is 307 g/mol. The van der Waals surface area contributed by atoms with Gasteiger partial charge in [0, 0.05) is 21.8 Å². The Morgan fingerprint density at radius 3 is 2.43 bits per heavy atom. The third-order valence-electron chi connectivity index (χ3n) is 3.06. The van der Waals surface area contributed by atoms with Crippen LogP contribution in [0.1, 0.15) is 10.4 Å². The van der Waals surface area contributed by atoms with Gasteiger partial charge in [0.1, 0.15) is 5.69 Å². The lowest BCUT2D eigenvalue weighted by atomic mass is 10.1. The average molecular weight is 317 g/mol. The van der Waals surface area contributed by atoms with Gasteiger partial charge in [-0.3, -0.25) is 4.79 Å². The summed E-state index contributed by atoms with van der Waals surface area (Å²) >= 11 is 11.9. The van der Waals surface area contributed by atoms with Crippen LogP contribution >= 0.6 is 23.2 Å². The SMILES string of the molecule is O=Cc1cn(-c2ccc(Cl)cc2)nc1-c1cccc(Cl)c1. The number of nitrogens with zero attached hydrogens (tertiary/aromatic N) is 2. The highest BCUT2D eigenvalue weighted by atomic mass is 35.5. The molecule has 1 aromatic heterocycles. The molecule has 0 spiro atoms. The van der Waals surface area contributed by atoms with Crippen LogP contribution in [0.2, 0.25) is 10.0 Å². The standard InChI is InChI=1S/C16H10Cl2N2O/c17-13-4-6-15(7-5-13)20-9-12(10-21)16(19-20)11-2-1-3-14(18)8-11/h1-10H. The van der Waals surface area contributed by atoms with E-state index in [1.165, 1.54) is 0 Å². The number of hydrogen-bond acceptors (Lipinski definition) is 2. The molecular formula is C16H10Cl2N2O. The minimum Gasteiger partial charge on any atom is -0.298 e. The molecule has 104 valence electrons. The quantitative estimate of drug-likeness (QED) is 0.659. The van der Waals surface area contributed by atoms with E-state index in [-0.39, 0.29) is 0 Å². The number of carbonyl (C=O) groups is 1. The molecule has 21 heavy (non-hydrogen) atoms. The van der Waals surface area contributed by atoms with Crippen LogP contribution in [0, 0.1) is 0 Å². The maximum absolute atomic E-state index is 11.3. The number of aldehydes is 1. The van der Waals surface area contributed by atoms with Crippen LogP contribution in [0.4, 0.5) is 0 Å². The van der Waals surface area contributed by atoms with Crippen molar-refractivity contribution < 1.29 is 4.79 Å². The minimum atomic E-state index is 0.507. The lowest BCUT2D eigenvalue weighted by molar-refractivity contribution is 0.112. The highest BCUT2D eigenvalue weighted by molar-refractivity contribution is 6.31. The number of benzene rings is 2. The summed E-state index contributed by atoms with van der Waals surface area (Å²) in [5.41, 5.74) is 2.74. The van der Waals surface area contributed by atoms with Crippen LogP contribution in [-0.2, 0) is 0 Å². The van der Waals surface area contributed by atoms with Crippen LogP contribution in [0.25, 0.3) is 16.9 Å². The van der Waals surface area contributed by atoms with Gasteiger partial charge in [-0.05, 0) is 36.4 Å². The zero-order valence-corrected chi connectivity index (χ0v) is 12.3. The Bertz CT molecular complexity index is 794. The maximum Gasteiger partial charge on any atom is 0.153 e. The summed E-state index contributed by atoms with van der Waals surface area (Å²) in [6.45, 7) is 0. The number of rotatable bonds is 3. The van der Waals surface area contributed by atoms with Crippen molar-refractivity contribution >= 4 is 29.5 Å². The second kappa shape index (κ2) is 5.72. The molecule has 3 aromatic rings. The molecule has 0 amide bonds. The van der Waals surface area contributed by atoms with Gasteiger partial charge >= 0.3 is 0 Å². The monoisotopic (exact) mass is 316 g/mol. The highest BCUT2D eigenvalue weighted by Gasteiger charge is 2.12. The maximum atomic E-state index is 11.3. The summed E-state index contributed by atoms with van der Waals surface area (Å²) < 4.78 is 1.65. The Hall–Kier alpha value is -2.10. The van der Waals surface area contributed by atoms with E-state index in [0.29, 0.717) is 21.3 Å². The van der Waals surface area contributed by atoms with Crippen molar-refractivity contribution in [3.05, 3.63) is 70.3 Å². The van der Waals surface area contributed by atoms with Crippen molar-refractivity contribution in [2.75, 3.05) is 0 Å². The normalized spacial score (nSPS) is 10.6. The number of aromatic nitrogens is 2. The van der Waals surface area contributed by atoms with Crippen LogP contribution in [0.3, 0.4) is 0 Å². The summed E-state index contributed by atoms with van der Waals surface area (Å²) in [6.07, 6.45) is 2.47. The van der Waals surface area contributed by atoms with E-state index in [4.69, 9.17) is 23.2 Å². The van der Waals surface area contributed by atoms with E-state index in [9.17, 15) is 4.79 Å². The number of halogens is 2. The fraction of sp³-hybridized carbons (Fsp3) is 0. The molecule has 0 fully saturated rings. The van der Waals surface area contributed by atoms with Crippen LogP contribution in [-0.4, -0.2) is 16.1 Å². The van der Waals surface area contributed by atoms with Crippen LogP contribution in [0.15, 0.2) is 54.7 Å². The molecule has 1 heterocycles. The molecule has 0 unspecified atom stereocenters. The summed E-state index contributed by atoms with van der Waals surface area (Å²) in [6, 6.07) is 14.5. The van der Waals surface area contributed by atoms with Gasteiger partial charge in [-0.15, -0.1) is 0 Å². The molecule has 3 nitrogen and oxygen atoms in total. The van der Waals surface area contributed by atoms with E-state index in [1.54, 1.807) is 35.1 Å². The van der Waals surface area contributed by atoms with Gasteiger partial charge in [0.05, 0.1) is 11.3 Å². The molecule has 0 aliphatic heterocycles. The lowest BCUT2D eigenvalue weighted by Crippen LogP contribution is -1.94. The third kappa shape index (κ3) is 2.84. The molecule has 0 aliphatic carbocycles. The van der Waals surface area contributed by atoms with Crippen molar-refractivity contribution in [3.8, 4) is 16.9 Å². The van der Waals surface area contributed by atoms with Crippen LogP contribution in [0.5, 0.6) is 0 Å². The highest BCUT2D eigenvalue weighted by Crippen LogP contribution is 2.25. The topological polar surface area (TPSA) is 34.9 Å². The Balaban J connectivity index is 2.10. The fourth-order valence-electron chi connectivity index (χ4n) is 2.06. The Morgan fingerprint density at radius 2 is 1.76 bits per heavy atom. The largest absolute Gasteiger partial charge is 0.298 e. The van der Waals surface area contributed by atoms with Crippen molar-refractivity contribution in [1.82, 2.24) is 9.78 Å². The first-order valence-corrected chi connectivity index (χ1v) is 7.00. The van der Waals surface area contributed by atoms with Gasteiger partial charge in [0.2, 0.25) is 0 Å². The molecule has 0 saturated carbocycles. The minimum absolute atomic E-state index is 0.507. The first kappa shape index (κ1) is 13.9. The molecule has 0 radical (unpaired) electrons. The first-order chi connectivity index (χ1) is 10.2. The zero-order chi connectivity index (χ0) is 14.8. The van der Waals surface area contributed by atoms with Gasteiger partial charge in [-0.1, -0.05) is 35.3 Å². The molecule has 0 N–H and O–H groups in total. The molecule has 2 aromatic carbocycles. The molecule has 0 saturated heterocycles. The predicted molar refractivity (Wildman–Crippen MR) is 84.4 cm³/mol. The lowest BCUT2D eigenvalue weighted by Gasteiger charge is -2.01. The summed E-state index contributed by atoms with van der Waals surface area (Å²) in [5.74, 6) is 0. The van der Waals surface area contributed by atoms with E-state index in [0.717, 1.165) is 17.5 Å². The van der Waals surface area contributed by atoms with Crippen LogP contribution < -0.4 is 0 Å². The molecule has 0 bridgehead atoms. The van der Waals surface area contributed by atoms with Gasteiger partial charge in [-0.2, -0.15) is 5.10 Å². The average Bonchev–Trinajstić information content (AvgIpc) is 2.92. The second-order valence-electron chi connectivity index (χ2n) is 4.48. The fourth-order valence-corrected chi connectivity index (χ4v) is 2.38. The van der Waals surface area contributed by atoms with Gasteiger partial charge in [-0.25, -0.2) is 4.68 Å². The molecule has 0 aliphatic rings. The Morgan fingerprint density at radius 1 is 1.00 bits per heavy atom. The van der Waals surface area contributed by atoms with Crippen molar-refractivity contribution in [2.24, 2.45) is 0 Å². The van der Waals surface area contributed by atoms with E-state index < -0.39 is 0 Å². The van der Waals surface area contributed by atoms with Crippen molar-refractivity contribution in [3.63, 3.8) is 0 Å². The van der Waals surface area contributed by atoms with Crippen molar-refractivity contribution in [2.45, 2.75) is 0 Å². The second-order valence-corrected chi connectivity index (χ2v) is 5.36. The van der Waals surface area contributed by atoms with Crippen molar-refractivity contribution in [1.29, 1.82) is 0 Å². The summed E-state index contributed by atoms with van der Waals surface area (Å²) in [7, 11) is 0. The van der Waals surface area contributed by atoms with E-state index in [2.05, 4.69) is 5.10 Å². The smallest absolute Gasteiger partial charge is 0.153 e. The Labute approximate surface area is 131 Å². The number of hydrogen-bond donors (Lipinski definition) is 0.